The molecule has 10 aromatic rings. The van der Waals surface area contributed by atoms with Crippen molar-refractivity contribution in [3.8, 4) is 22.5 Å². The van der Waals surface area contributed by atoms with Crippen molar-refractivity contribution in [2.24, 2.45) is 11.3 Å². The number of fused-ring (bicyclic) bond motifs is 10. The number of thiophene rings is 1. The molecule has 1 saturated carbocycles. The largest absolute Gasteiger partial charge is 0.350 e. The number of aromatic nitrogens is 3. The zero-order valence-corrected chi connectivity index (χ0v) is 35.2. The van der Waals surface area contributed by atoms with E-state index in [0.717, 1.165) is 34.9 Å². The van der Waals surface area contributed by atoms with Crippen molar-refractivity contribution >= 4 is 69.6 Å². The molecular weight excluding hydrogens is 879 g/mol. The summed E-state index contributed by atoms with van der Waals surface area (Å²) in [5.74, 6) is 0.807. The van der Waals surface area contributed by atoms with Gasteiger partial charge in [-0.25, -0.2) is 0 Å². The van der Waals surface area contributed by atoms with Crippen molar-refractivity contribution in [1.29, 1.82) is 0 Å². The average molecular weight is 922 g/mol. The third-order valence-electron chi connectivity index (χ3n) is 11.4. The van der Waals surface area contributed by atoms with Crippen LogP contribution in [-0.4, -0.2) is 14.4 Å². The SMILES string of the molecule is CC(C)(C)Cc1ccnc(-c2[c-]cc3c(c2)c2c4sc5ccccc5c4cc4c5c(CC6CCCC6)cccc5n3c42)c1.[Ir].[c-]1ccccc1-c1ccccn1. The van der Waals surface area contributed by atoms with Gasteiger partial charge < -0.3 is 14.4 Å². The van der Waals surface area contributed by atoms with Crippen molar-refractivity contribution in [2.45, 2.75) is 59.3 Å². The number of pyridine rings is 2. The maximum absolute atomic E-state index is 4.82. The summed E-state index contributed by atoms with van der Waals surface area (Å²) in [6.07, 6.45) is 11.5. The van der Waals surface area contributed by atoms with Gasteiger partial charge in [0.1, 0.15) is 0 Å². The second kappa shape index (κ2) is 14.9. The van der Waals surface area contributed by atoms with Gasteiger partial charge in [0.25, 0.3) is 0 Å². The molecule has 1 aliphatic carbocycles. The molecule has 0 saturated heterocycles. The van der Waals surface area contributed by atoms with Crippen LogP contribution in [0, 0.1) is 23.5 Å². The van der Waals surface area contributed by atoms with Crippen LogP contribution in [0.25, 0.3) is 80.8 Å². The van der Waals surface area contributed by atoms with E-state index in [-0.39, 0.29) is 25.5 Å². The molecular formula is C51H43IrN3S-2. The second-order valence-electron chi connectivity index (χ2n) is 16.5. The molecule has 1 radical (unpaired) electrons. The van der Waals surface area contributed by atoms with Gasteiger partial charge in [0.2, 0.25) is 0 Å². The first-order valence-corrected chi connectivity index (χ1v) is 20.5. The van der Waals surface area contributed by atoms with Crippen molar-refractivity contribution in [3.05, 3.63) is 151 Å². The summed E-state index contributed by atoms with van der Waals surface area (Å²) in [6.45, 7) is 6.89. The van der Waals surface area contributed by atoms with Crippen LogP contribution in [0.2, 0.25) is 0 Å². The molecule has 5 heterocycles. The first kappa shape index (κ1) is 36.7. The minimum atomic E-state index is 0. The fourth-order valence-electron chi connectivity index (χ4n) is 9.11. The molecule has 1 fully saturated rings. The zero-order valence-electron chi connectivity index (χ0n) is 32.0. The molecule has 56 heavy (non-hydrogen) atoms. The Kier molecular flexibility index (Phi) is 9.74. The topological polar surface area (TPSA) is 30.2 Å². The summed E-state index contributed by atoms with van der Waals surface area (Å²) >= 11 is 1.94. The molecule has 0 amide bonds. The second-order valence-corrected chi connectivity index (χ2v) is 17.6. The van der Waals surface area contributed by atoms with E-state index in [4.69, 9.17) is 4.98 Å². The van der Waals surface area contributed by atoms with Crippen LogP contribution < -0.4 is 0 Å². The third kappa shape index (κ3) is 6.60. The van der Waals surface area contributed by atoms with E-state index >= 15 is 0 Å². The number of nitrogens with zero attached hydrogens (tertiary/aromatic N) is 3. The molecule has 5 heteroatoms. The standard InChI is InChI=1S/C40H35N2S.C11H8N.Ir/c1-40(2,3)23-25-17-18-41-32(20-25)26-15-16-33-30(21-26)37-38-31(22-29-28-12-6-7-14-35(28)43-39(29)37)36-27(19-24-9-4-5-10-24)11-8-13-34(36)42(33)38;1-2-6-10(7-3-1)11-8-4-5-9-12-11;/h6-8,11-14,16-18,20-22,24H,4-5,9-10,19,23H2,1-3H3;1-6,8-9H;/q2*-1;. The van der Waals surface area contributed by atoms with Gasteiger partial charge in [-0.3, -0.25) is 0 Å². The van der Waals surface area contributed by atoms with Crippen LogP contribution in [0.3, 0.4) is 0 Å². The van der Waals surface area contributed by atoms with Crippen molar-refractivity contribution in [3.63, 3.8) is 0 Å². The van der Waals surface area contributed by atoms with Gasteiger partial charge in [0, 0.05) is 74.3 Å². The first-order chi connectivity index (χ1) is 26.9. The Morgan fingerprint density at radius 3 is 2.32 bits per heavy atom. The predicted molar refractivity (Wildman–Crippen MR) is 233 cm³/mol. The van der Waals surface area contributed by atoms with Gasteiger partial charge in [-0.15, -0.1) is 71.0 Å². The maximum Gasteiger partial charge on any atom is 0.0531 e. The smallest absolute Gasteiger partial charge is 0.0531 e. The number of rotatable bonds is 5. The van der Waals surface area contributed by atoms with Gasteiger partial charge in [-0.2, -0.15) is 0 Å². The minimum Gasteiger partial charge on any atom is -0.350 e. The van der Waals surface area contributed by atoms with E-state index in [1.807, 2.05) is 60.0 Å². The Bertz CT molecular complexity index is 2930. The summed E-state index contributed by atoms with van der Waals surface area (Å²) in [5.41, 5.74) is 11.1. The van der Waals surface area contributed by atoms with Crippen LogP contribution in [0.4, 0.5) is 0 Å². The quantitative estimate of drug-likeness (QED) is 0.161. The van der Waals surface area contributed by atoms with Crippen molar-refractivity contribution in [1.82, 2.24) is 14.4 Å². The van der Waals surface area contributed by atoms with E-state index in [1.165, 1.54) is 101 Å². The summed E-state index contributed by atoms with van der Waals surface area (Å²) in [5, 5.41) is 8.28. The fourth-order valence-corrected chi connectivity index (χ4v) is 10.3. The average Bonchev–Trinajstić information content (AvgIpc) is 4.00. The molecule has 11 rings (SSSR count). The Balaban J connectivity index is 0.000000270. The monoisotopic (exact) mass is 922 g/mol. The molecule has 0 aliphatic heterocycles. The number of hydrogen-bond acceptors (Lipinski definition) is 3. The van der Waals surface area contributed by atoms with Crippen LogP contribution in [0.5, 0.6) is 0 Å². The maximum atomic E-state index is 4.82. The Hall–Kier alpha value is -4.93. The van der Waals surface area contributed by atoms with E-state index in [0.29, 0.717) is 0 Å². The number of hydrogen-bond donors (Lipinski definition) is 0. The van der Waals surface area contributed by atoms with E-state index < -0.39 is 0 Å². The molecule has 0 spiro atoms. The van der Waals surface area contributed by atoms with Gasteiger partial charge in [0.15, 0.2) is 0 Å². The number of benzene rings is 5. The molecule has 1 aliphatic rings. The summed E-state index contributed by atoms with van der Waals surface area (Å²) in [7, 11) is 0. The normalized spacial score (nSPS) is 13.6. The Morgan fingerprint density at radius 2 is 1.52 bits per heavy atom. The van der Waals surface area contributed by atoms with Gasteiger partial charge in [0.05, 0.1) is 5.52 Å². The van der Waals surface area contributed by atoms with Gasteiger partial charge >= 0.3 is 0 Å². The molecule has 0 unspecified atom stereocenters. The van der Waals surface area contributed by atoms with Crippen LogP contribution in [-0.2, 0) is 32.9 Å². The van der Waals surface area contributed by atoms with Gasteiger partial charge in [-0.05, 0) is 77.0 Å². The van der Waals surface area contributed by atoms with E-state index in [2.05, 4.69) is 115 Å². The van der Waals surface area contributed by atoms with Crippen LogP contribution in [0.15, 0.2) is 128 Å². The third-order valence-corrected chi connectivity index (χ3v) is 12.6. The van der Waals surface area contributed by atoms with Crippen molar-refractivity contribution < 1.29 is 20.1 Å². The van der Waals surface area contributed by atoms with Crippen molar-refractivity contribution in [2.75, 3.05) is 0 Å². The van der Waals surface area contributed by atoms with Crippen LogP contribution in [0.1, 0.15) is 57.6 Å². The Morgan fingerprint density at radius 1 is 0.696 bits per heavy atom. The molecule has 279 valence electrons. The predicted octanol–water partition coefficient (Wildman–Crippen LogP) is 13.9. The molecule has 5 aromatic heterocycles. The fraction of sp³-hybridized carbons (Fsp3) is 0.216. The first-order valence-electron chi connectivity index (χ1n) is 19.7. The zero-order chi connectivity index (χ0) is 37.1. The molecule has 0 N–H and O–H groups in total. The van der Waals surface area contributed by atoms with Crippen LogP contribution >= 0.6 is 11.3 Å². The summed E-state index contributed by atoms with van der Waals surface area (Å²) < 4.78 is 5.29. The van der Waals surface area contributed by atoms with Gasteiger partial charge in [-0.1, -0.05) is 106 Å². The van der Waals surface area contributed by atoms with E-state index in [1.54, 1.807) is 6.20 Å². The summed E-state index contributed by atoms with van der Waals surface area (Å²) in [4.78, 5) is 9.04. The molecule has 5 aromatic carbocycles. The van der Waals surface area contributed by atoms with E-state index in [9.17, 15) is 0 Å². The minimum absolute atomic E-state index is 0. The molecule has 0 atom stereocenters. The summed E-state index contributed by atoms with van der Waals surface area (Å²) in [6, 6.07) is 48.0. The Labute approximate surface area is 346 Å². The molecule has 3 nitrogen and oxygen atoms in total. The molecule has 0 bridgehead atoms.